The Balaban J connectivity index is 2.27. The molecule has 84 valence electrons. The van der Waals surface area contributed by atoms with E-state index in [0.717, 1.165) is 0 Å². The van der Waals surface area contributed by atoms with E-state index in [1.165, 1.54) is 0 Å². The Morgan fingerprint density at radius 2 is 2.12 bits per heavy atom. The van der Waals surface area contributed by atoms with E-state index in [2.05, 4.69) is 20.1 Å². The van der Waals surface area contributed by atoms with E-state index >= 15 is 0 Å². The molecule has 2 atom stereocenters. The van der Waals surface area contributed by atoms with Crippen molar-refractivity contribution in [2.45, 2.75) is 25.9 Å². The Labute approximate surface area is 92.4 Å². The third kappa shape index (κ3) is 2.06. The molecule has 2 heterocycles. The van der Waals surface area contributed by atoms with Crippen LogP contribution in [0.15, 0.2) is 23.1 Å². The van der Waals surface area contributed by atoms with Crippen molar-refractivity contribution in [3.63, 3.8) is 0 Å². The number of hydrogen-bond acceptors (Lipinski definition) is 6. The van der Waals surface area contributed by atoms with Crippen molar-refractivity contribution in [1.82, 2.24) is 20.1 Å². The normalized spacial score (nSPS) is 14.7. The van der Waals surface area contributed by atoms with Crippen LogP contribution in [0.4, 0.5) is 0 Å². The molecule has 0 aromatic carbocycles. The van der Waals surface area contributed by atoms with E-state index in [4.69, 9.17) is 4.52 Å². The lowest BCUT2D eigenvalue weighted by molar-refractivity contribution is 0.151. The molecule has 0 fully saturated rings. The van der Waals surface area contributed by atoms with Gasteiger partial charge in [-0.2, -0.15) is 4.98 Å². The second-order valence-electron chi connectivity index (χ2n) is 3.58. The summed E-state index contributed by atoms with van der Waals surface area (Å²) in [4.78, 5) is 12.1. The molecule has 6 nitrogen and oxygen atoms in total. The first kappa shape index (κ1) is 10.7. The SMILES string of the molecule is CC(O)C(C)c1nc(-c2cnccn2)no1. The summed E-state index contributed by atoms with van der Waals surface area (Å²) in [7, 11) is 0. The molecule has 6 heteroatoms. The first-order chi connectivity index (χ1) is 7.68. The van der Waals surface area contributed by atoms with Crippen LogP contribution in [-0.4, -0.2) is 31.3 Å². The molecule has 16 heavy (non-hydrogen) atoms. The quantitative estimate of drug-likeness (QED) is 0.830. The highest BCUT2D eigenvalue weighted by molar-refractivity contribution is 5.45. The fourth-order valence-corrected chi connectivity index (χ4v) is 1.15. The second kappa shape index (κ2) is 4.36. The summed E-state index contributed by atoms with van der Waals surface area (Å²) >= 11 is 0. The van der Waals surface area contributed by atoms with Gasteiger partial charge in [0.15, 0.2) is 0 Å². The fourth-order valence-electron chi connectivity index (χ4n) is 1.15. The van der Waals surface area contributed by atoms with Gasteiger partial charge in [0.2, 0.25) is 11.7 Å². The number of rotatable bonds is 3. The number of aliphatic hydroxyl groups is 1. The van der Waals surface area contributed by atoms with Crippen LogP contribution in [0, 0.1) is 0 Å². The number of nitrogens with zero attached hydrogens (tertiary/aromatic N) is 4. The highest BCUT2D eigenvalue weighted by atomic mass is 16.5. The molecular weight excluding hydrogens is 208 g/mol. The second-order valence-corrected chi connectivity index (χ2v) is 3.58. The summed E-state index contributed by atoms with van der Waals surface area (Å²) in [6, 6.07) is 0. The van der Waals surface area contributed by atoms with Gasteiger partial charge in [-0.1, -0.05) is 12.1 Å². The maximum absolute atomic E-state index is 9.40. The predicted octanol–water partition coefficient (Wildman–Crippen LogP) is 1.01. The average Bonchev–Trinajstić information content (AvgIpc) is 2.78. The standard InChI is InChI=1S/C10H12N4O2/c1-6(7(2)15)10-13-9(14-16-10)8-5-11-3-4-12-8/h3-7,15H,1-2H3. The van der Waals surface area contributed by atoms with E-state index in [9.17, 15) is 5.11 Å². The van der Waals surface area contributed by atoms with Gasteiger partial charge in [0.25, 0.3) is 0 Å². The van der Waals surface area contributed by atoms with Crippen molar-refractivity contribution in [2.75, 3.05) is 0 Å². The van der Waals surface area contributed by atoms with Crippen LogP contribution in [0.3, 0.4) is 0 Å². The molecule has 0 bridgehead atoms. The Kier molecular flexibility index (Phi) is 2.91. The third-order valence-electron chi connectivity index (χ3n) is 2.35. The lowest BCUT2D eigenvalue weighted by Gasteiger charge is -2.07. The summed E-state index contributed by atoms with van der Waals surface area (Å²) in [6.07, 6.45) is 4.16. The topological polar surface area (TPSA) is 84.9 Å². The Bertz CT molecular complexity index is 455. The largest absolute Gasteiger partial charge is 0.393 e. The van der Waals surface area contributed by atoms with E-state index in [1.54, 1.807) is 25.5 Å². The molecule has 0 aliphatic carbocycles. The van der Waals surface area contributed by atoms with Gasteiger partial charge in [-0.05, 0) is 6.92 Å². The lowest BCUT2D eigenvalue weighted by atomic mass is 10.1. The minimum Gasteiger partial charge on any atom is -0.393 e. The smallest absolute Gasteiger partial charge is 0.232 e. The van der Waals surface area contributed by atoms with Crippen LogP contribution in [0.5, 0.6) is 0 Å². The Morgan fingerprint density at radius 3 is 2.75 bits per heavy atom. The summed E-state index contributed by atoms with van der Waals surface area (Å²) in [5.74, 6) is 0.587. The highest BCUT2D eigenvalue weighted by Crippen LogP contribution is 2.19. The molecule has 0 saturated carbocycles. The number of hydrogen-bond donors (Lipinski definition) is 1. The van der Waals surface area contributed by atoms with Crippen LogP contribution in [-0.2, 0) is 0 Å². The third-order valence-corrected chi connectivity index (χ3v) is 2.35. The maximum Gasteiger partial charge on any atom is 0.232 e. The zero-order valence-corrected chi connectivity index (χ0v) is 9.03. The molecule has 0 aliphatic heterocycles. The first-order valence-electron chi connectivity index (χ1n) is 4.96. The van der Waals surface area contributed by atoms with E-state index in [0.29, 0.717) is 17.4 Å². The Morgan fingerprint density at radius 1 is 1.31 bits per heavy atom. The van der Waals surface area contributed by atoms with Crippen LogP contribution in [0.1, 0.15) is 25.7 Å². The first-order valence-corrected chi connectivity index (χ1v) is 4.96. The van der Waals surface area contributed by atoms with Gasteiger partial charge in [0.05, 0.1) is 18.2 Å². The van der Waals surface area contributed by atoms with Gasteiger partial charge >= 0.3 is 0 Å². The highest BCUT2D eigenvalue weighted by Gasteiger charge is 2.19. The molecule has 0 aliphatic rings. The van der Waals surface area contributed by atoms with Crippen LogP contribution in [0.25, 0.3) is 11.5 Å². The van der Waals surface area contributed by atoms with E-state index in [-0.39, 0.29) is 5.92 Å². The van der Waals surface area contributed by atoms with Crippen molar-refractivity contribution in [3.8, 4) is 11.5 Å². The van der Waals surface area contributed by atoms with Crippen molar-refractivity contribution in [3.05, 3.63) is 24.5 Å². The Hall–Kier alpha value is -1.82. The van der Waals surface area contributed by atoms with Gasteiger partial charge < -0.3 is 9.63 Å². The van der Waals surface area contributed by atoms with Gasteiger partial charge in [0.1, 0.15) is 5.69 Å². The van der Waals surface area contributed by atoms with Crippen molar-refractivity contribution < 1.29 is 9.63 Å². The molecule has 1 N–H and O–H groups in total. The number of aromatic nitrogens is 4. The van der Waals surface area contributed by atoms with E-state index < -0.39 is 6.10 Å². The molecule has 2 rings (SSSR count). The zero-order chi connectivity index (χ0) is 11.5. The molecular formula is C10H12N4O2. The van der Waals surface area contributed by atoms with Crippen molar-refractivity contribution in [2.24, 2.45) is 0 Å². The van der Waals surface area contributed by atoms with Crippen molar-refractivity contribution >= 4 is 0 Å². The molecule has 0 amide bonds. The molecule has 2 aromatic rings. The van der Waals surface area contributed by atoms with Crippen LogP contribution < -0.4 is 0 Å². The molecule has 2 aromatic heterocycles. The minimum atomic E-state index is -0.532. The minimum absolute atomic E-state index is 0.196. The molecule has 0 radical (unpaired) electrons. The number of aliphatic hydroxyl groups excluding tert-OH is 1. The average molecular weight is 220 g/mol. The summed E-state index contributed by atoms with van der Waals surface area (Å²) in [5, 5.41) is 13.2. The summed E-state index contributed by atoms with van der Waals surface area (Å²) in [6.45, 7) is 3.50. The van der Waals surface area contributed by atoms with Gasteiger partial charge in [-0.25, -0.2) is 4.98 Å². The maximum atomic E-state index is 9.40. The monoisotopic (exact) mass is 220 g/mol. The molecule has 0 saturated heterocycles. The predicted molar refractivity (Wildman–Crippen MR) is 55.4 cm³/mol. The molecule has 2 unspecified atom stereocenters. The van der Waals surface area contributed by atoms with Crippen molar-refractivity contribution in [1.29, 1.82) is 0 Å². The molecule has 0 spiro atoms. The van der Waals surface area contributed by atoms with Gasteiger partial charge in [0, 0.05) is 12.4 Å². The van der Waals surface area contributed by atoms with E-state index in [1.807, 2.05) is 6.92 Å². The van der Waals surface area contributed by atoms with Crippen LogP contribution >= 0.6 is 0 Å². The van der Waals surface area contributed by atoms with Gasteiger partial charge in [-0.3, -0.25) is 4.98 Å². The fraction of sp³-hybridized carbons (Fsp3) is 0.400. The summed E-state index contributed by atoms with van der Waals surface area (Å²) in [5.41, 5.74) is 0.551. The van der Waals surface area contributed by atoms with Crippen LogP contribution in [0.2, 0.25) is 0 Å². The van der Waals surface area contributed by atoms with Gasteiger partial charge in [-0.15, -0.1) is 0 Å². The summed E-state index contributed by atoms with van der Waals surface area (Å²) < 4.78 is 5.05. The zero-order valence-electron chi connectivity index (χ0n) is 9.03. The lowest BCUT2D eigenvalue weighted by Crippen LogP contribution is -2.11.